The third-order valence-electron chi connectivity index (χ3n) is 3.01. The van der Waals surface area contributed by atoms with Gasteiger partial charge in [0.25, 0.3) is 0 Å². The Balaban J connectivity index is 1.98. The van der Waals surface area contributed by atoms with Crippen LogP contribution >= 0.6 is 15.9 Å². The van der Waals surface area contributed by atoms with Crippen molar-refractivity contribution in [2.24, 2.45) is 5.73 Å². The second-order valence-electron chi connectivity index (χ2n) is 5.06. The molecule has 0 spiro atoms. The molecule has 110 valence electrons. The van der Waals surface area contributed by atoms with Crippen LogP contribution in [0.5, 0.6) is 5.75 Å². The van der Waals surface area contributed by atoms with E-state index in [2.05, 4.69) is 40.2 Å². The Labute approximate surface area is 134 Å². The van der Waals surface area contributed by atoms with Gasteiger partial charge in [-0.25, -0.2) is 0 Å². The first-order chi connectivity index (χ1) is 10.1. The van der Waals surface area contributed by atoms with Crippen molar-refractivity contribution in [2.75, 3.05) is 6.61 Å². The Bertz CT molecular complexity index is 593. The molecule has 1 unspecified atom stereocenters. The predicted molar refractivity (Wildman–Crippen MR) is 92.5 cm³/mol. The van der Waals surface area contributed by atoms with E-state index in [4.69, 9.17) is 10.5 Å². The van der Waals surface area contributed by atoms with Gasteiger partial charge in [-0.2, -0.15) is 0 Å². The van der Waals surface area contributed by atoms with Gasteiger partial charge >= 0.3 is 0 Å². The summed E-state index contributed by atoms with van der Waals surface area (Å²) in [6.45, 7) is 2.54. The van der Waals surface area contributed by atoms with E-state index in [1.807, 2.05) is 43.3 Å². The smallest absolute Gasteiger partial charge is 0.123 e. The van der Waals surface area contributed by atoms with E-state index in [1.165, 1.54) is 5.56 Å². The van der Waals surface area contributed by atoms with Gasteiger partial charge in [0.1, 0.15) is 12.4 Å². The summed E-state index contributed by atoms with van der Waals surface area (Å²) in [7, 11) is 0. The highest BCUT2D eigenvalue weighted by molar-refractivity contribution is 9.10. The van der Waals surface area contributed by atoms with E-state index >= 15 is 0 Å². The summed E-state index contributed by atoms with van der Waals surface area (Å²) in [6, 6.07) is 16.3. The van der Waals surface area contributed by atoms with E-state index in [0.717, 1.165) is 22.2 Å². The largest absolute Gasteiger partial charge is 0.489 e. The monoisotopic (exact) mass is 345 g/mol. The molecule has 2 N–H and O–H groups in total. The number of ether oxygens (including phenoxy) is 1. The molecule has 0 aromatic heterocycles. The number of hydrogen-bond acceptors (Lipinski definition) is 2. The molecule has 3 heteroatoms. The lowest BCUT2D eigenvalue weighted by atomic mass is 10.1. The summed E-state index contributed by atoms with van der Waals surface area (Å²) in [6.07, 6.45) is 4.88. The molecule has 21 heavy (non-hydrogen) atoms. The maximum Gasteiger partial charge on any atom is 0.123 e. The second-order valence-corrected chi connectivity index (χ2v) is 5.97. The zero-order valence-electron chi connectivity index (χ0n) is 12.1. The van der Waals surface area contributed by atoms with Crippen LogP contribution in [-0.4, -0.2) is 12.6 Å². The molecule has 0 saturated carbocycles. The van der Waals surface area contributed by atoms with Crippen molar-refractivity contribution in [1.29, 1.82) is 0 Å². The Morgan fingerprint density at radius 2 is 1.95 bits per heavy atom. The van der Waals surface area contributed by atoms with Gasteiger partial charge in [-0.15, -0.1) is 0 Å². The summed E-state index contributed by atoms with van der Waals surface area (Å²) < 4.78 is 6.90. The molecule has 0 aliphatic rings. The summed E-state index contributed by atoms with van der Waals surface area (Å²) in [5.74, 6) is 0.896. The van der Waals surface area contributed by atoms with Gasteiger partial charge < -0.3 is 10.5 Å². The molecule has 2 nitrogen and oxygen atoms in total. The Morgan fingerprint density at radius 3 is 2.67 bits per heavy atom. The highest BCUT2D eigenvalue weighted by Crippen LogP contribution is 2.24. The fourth-order valence-corrected chi connectivity index (χ4v) is 2.49. The second kappa shape index (κ2) is 8.01. The van der Waals surface area contributed by atoms with Crippen LogP contribution in [-0.2, 0) is 6.42 Å². The normalized spacial score (nSPS) is 12.5. The van der Waals surface area contributed by atoms with Gasteiger partial charge in [0.15, 0.2) is 0 Å². The van der Waals surface area contributed by atoms with E-state index in [0.29, 0.717) is 6.61 Å². The minimum absolute atomic E-state index is 0.113. The molecule has 1 atom stereocenters. The van der Waals surface area contributed by atoms with Crippen molar-refractivity contribution in [3.63, 3.8) is 0 Å². The van der Waals surface area contributed by atoms with Gasteiger partial charge in [0, 0.05) is 10.5 Å². The highest BCUT2D eigenvalue weighted by Gasteiger charge is 2.06. The van der Waals surface area contributed by atoms with Crippen molar-refractivity contribution in [2.45, 2.75) is 19.4 Å². The zero-order valence-corrected chi connectivity index (χ0v) is 13.7. The number of hydrogen-bond donors (Lipinski definition) is 1. The van der Waals surface area contributed by atoms with Crippen LogP contribution in [0.4, 0.5) is 0 Å². The quantitative estimate of drug-likeness (QED) is 0.840. The molecule has 2 aromatic rings. The fraction of sp³-hybridized carbons (Fsp3) is 0.222. The summed E-state index contributed by atoms with van der Waals surface area (Å²) in [4.78, 5) is 0. The third kappa shape index (κ3) is 5.37. The topological polar surface area (TPSA) is 35.2 Å². The molecule has 0 heterocycles. The molecule has 2 rings (SSSR count). The fourth-order valence-electron chi connectivity index (χ4n) is 2.08. The Kier molecular flexibility index (Phi) is 6.03. The highest BCUT2D eigenvalue weighted by atomic mass is 79.9. The maximum atomic E-state index is 5.89. The zero-order chi connectivity index (χ0) is 15.1. The predicted octanol–water partition coefficient (Wildman–Crippen LogP) is 4.43. The first-order valence-electron chi connectivity index (χ1n) is 7.03. The number of halogens is 1. The van der Waals surface area contributed by atoms with E-state index in [-0.39, 0.29) is 6.04 Å². The molecule has 2 aromatic carbocycles. The molecule has 0 aliphatic heterocycles. The van der Waals surface area contributed by atoms with Crippen LogP contribution in [0.3, 0.4) is 0 Å². The van der Waals surface area contributed by atoms with Crippen LogP contribution in [0.25, 0.3) is 6.08 Å². The Morgan fingerprint density at radius 1 is 1.19 bits per heavy atom. The summed E-state index contributed by atoms with van der Waals surface area (Å²) in [5.41, 5.74) is 8.20. The van der Waals surface area contributed by atoms with Crippen LogP contribution in [0.15, 0.2) is 59.1 Å². The molecule has 0 amide bonds. The van der Waals surface area contributed by atoms with Crippen LogP contribution in [0.2, 0.25) is 0 Å². The maximum absolute atomic E-state index is 5.89. The standard InChI is InChI=1S/C18H20BrNO/c1-14(20)12-16-13-17(19)9-10-18(16)21-11-5-8-15-6-3-2-4-7-15/h2-10,13-14H,11-12,20H2,1H3. The molecule has 0 fully saturated rings. The van der Waals surface area contributed by atoms with E-state index in [9.17, 15) is 0 Å². The van der Waals surface area contributed by atoms with E-state index in [1.54, 1.807) is 0 Å². The molecule has 0 radical (unpaired) electrons. The van der Waals surface area contributed by atoms with Crippen LogP contribution < -0.4 is 10.5 Å². The average molecular weight is 346 g/mol. The van der Waals surface area contributed by atoms with Crippen molar-refractivity contribution in [3.05, 3.63) is 70.2 Å². The minimum Gasteiger partial charge on any atom is -0.489 e. The van der Waals surface area contributed by atoms with Crippen LogP contribution in [0, 0.1) is 0 Å². The summed E-state index contributed by atoms with van der Waals surface area (Å²) in [5, 5.41) is 0. The lowest BCUT2D eigenvalue weighted by molar-refractivity contribution is 0.358. The molecule has 0 saturated heterocycles. The van der Waals surface area contributed by atoms with Gasteiger partial charge in [0.05, 0.1) is 0 Å². The van der Waals surface area contributed by atoms with E-state index < -0.39 is 0 Å². The molecular formula is C18H20BrNO. The number of rotatable bonds is 6. The third-order valence-corrected chi connectivity index (χ3v) is 3.50. The van der Waals surface area contributed by atoms with Crippen molar-refractivity contribution in [3.8, 4) is 5.75 Å². The Hall–Kier alpha value is -1.58. The van der Waals surface area contributed by atoms with Gasteiger partial charge in [-0.05, 0) is 48.7 Å². The lowest BCUT2D eigenvalue weighted by Gasteiger charge is -2.12. The number of benzene rings is 2. The number of nitrogens with two attached hydrogens (primary N) is 1. The first kappa shape index (κ1) is 15.8. The minimum atomic E-state index is 0.113. The van der Waals surface area contributed by atoms with Crippen molar-refractivity contribution < 1.29 is 4.74 Å². The van der Waals surface area contributed by atoms with Gasteiger partial charge in [0.2, 0.25) is 0 Å². The van der Waals surface area contributed by atoms with Gasteiger partial charge in [-0.1, -0.05) is 52.3 Å². The SMILES string of the molecule is CC(N)Cc1cc(Br)ccc1OCC=Cc1ccccc1. The molecule has 0 aliphatic carbocycles. The van der Waals surface area contributed by atoms with Crippen molar-refractivity contribution >= 4 is 22.0 Å². The molecule has 0 bridgehead atoms. The lowest BCUT2D eigenvalue weighted by Crippen LogP contribution is -2.18. The molecular weight excluding hydrogens is 326 g/mol. The first-order valence-corrected chi connectivity index (χ1v) is 7.83. The van der Waals surface area contributed by atoms with Crippen molar-refractivity contribution in [1.82, 2.24) is 0 Å². The van der Waals surface area contributed by atoms with Gasteiger partial charge in [-0.3, -0.25) is 0 Å². The summed E-state index contributed by atoms with van der Waals surface area (Å²) >= 11 is 3.49. The average Bonchev–Trinajstić information content (AvgIpc) is 2.46. The van der Waals surface area contributed by atoms with Crippen LogP contribution in [0.1, 0.15) is 18.1 Å².